The van der Waals surface area contributed by atoms with E-state index >= 15 is 0 Å². The van der Waals surface area contributed by atoms with Crippen LogP contribution in [0, 0.1) is 0 Å². The lowest BCUT2D eigenvalue weighted by atomic mass is 10.2. The smallest absolute Gasteiger partial charge is 0.0876 e. The van der Waals surface area contributed by atoms with Crippen LogP contribution >= 0.6 is 11.6 Å². The van der Waals surface area contributed by atoms with Crippen molar-refractivity contribution in [3.8, 4) is 0 Å². The normalized spacial score (nSPS) is 10.6. The van der Waals surface area contributed by atoms with Crippen molar-refractivity contribution in [3.05, 3.63) is 29.4 Å². The van der Waals surface area contributed by atoms with Crippen molar-refractivity contribution in [1.82, 2.24) is 4.98 Å². The summed E-state index contributed by atoms with van der Waals surface area (Å²) in [6.45, 7) is 0. The first kappa shape index (κ1) is 6.55. The molecule has 0 bridgehead atoms. The lowest BCUT2D eigenvalue weighted by Crippen LogP contribution is -1.85. The van der Waals surface area contributed by atoms with Gasteiger partial charge in [-0.15, -0.1) is 0 Å². The Morgan fingerprint density at radius 3 is 2.91 bits per heavy atom. The van der Waals surface area contributed by atoms with Crippen molar-refractivity contribution in [2.24, 2.45) is 0 Å². The maximum absolute atomic E-state index is 5.91. The zero-order chi connectivity index (χ0) is 7.84. The number of aromatic nitrogens is 1. The summed E-state index contributed by atoms with van der Waals surface area (Å²) >= 11 is 5.91. The Balaban J connectivity index is 2.93. The van der Waals surface area contributed by atoms with E-state index in [0.717, 1.165) is 10.9 Å². The number of fused-ring (bicyclic) bond motifs is 1. The highest BCUT2D eigenvalue weighted by Crippen LogP contribution is 2.27. The van der Waals surface area contributed by atoms with Gasteiger partial charge in [0, 0.05) is 11.6 Å². The summed E-state index contributed by atoms with van der Waals surface area (Å²) in [6, 6.07) is 5.70. The Kier molecular flexibility index (Phi) is 1.29. The van der Waals surface area contributed by atoms with Gasteiger partial charge < -0.3 is 10.7 Å². The molecule has 0 aliphatic heterocycles. The zero-order valence-electron chi connectivity index (χ0n) is 5.76. The SMILES string of the molecule is Nc1ccc2cc[nH]c2c1Cl. The van der Waals surface area contributed by atoms with Crippen molar-refractivity contribution < 1.29 is 0 Å². The second kappa shape index (κ2) is 2.17. The van der Waals surface area contributed by atoms with Crippen LogP contribution in [-0.2, 0) is 0 Å². The number of benzene rings is 1. The van der Waals surface area contributed by atoms with Gasteiger partial charge in [0.05, 0.1) is 16.2 Å². The highest BCUT2D eigenvalue weighted by molar-refractivity contribution is 6.37. The molecule has 0 radical (unpaired) electrons. The van der Waals surface area contributed by atoms with Gasteiger partial charge in [0.2, 0.25) is 0 Å². The number of aromatic amines is 1. The lowest BCUT2D eigenvalue weighted by molar-refractivity contribution is 1.48. The van der Waals surface area contributed by atoms with Gasteiger partial charge in [-0.25, -0.2) is 0 Å². The van der Waals surface area contributed by atoms with Gasteiger partial charge in [-0.3, -0.25) is 0 Å². The van der Waals surface area contributed by atoms with Gasteiger partial charge in [0.1, 0.15) is 0 Å². The summed E-state index contributed by atoms with van der Waals surface area (Å²) in [5, 5.41) is 1.69. The third-order valence-electron chi connectivity index (χ3n) is 1.69. The summed E-state index contributed by atoms with van der Waals surface area (Å²) in [7, 11) is 0. The quantitative estimate of drug-likeness (QED) is 0.580. The molecule has 0 aliphatic carbocycles. The summed E-state index contributed by atoms with van der Waals surface area (Å²) in [4.78, 5) is 3.02. The monoisotopic (exact) mass is 166 g/mol. The Hall–Kier alpha value is -1.15. The molecule has 2 rings (SSSR count). The maximum Gasteiger partial charge on any atom is 0.0876 e. The lowest BCUT2D eigenvalue weighted by Gasteiger charge is -1.97. The number of halogens is 1. The Labute approximate surface area is 69.0 Å². The fourth-order valence-corrected chi connectivity index (χ4v) is 1.33. The van der Waals surface area contributed by atoms with Gasteiger partial charge >= 0.3 is 0 Å². The number of H-pyrrole nitrogens is 1. The molecule has 11 heavy (non-hydrogen) atoms. The van der Waals surface area contributed by atoms with Gasteiger partial charge in [-0.2, -0.15) is 0 Å². The molecule has 1 heterocycles. The van der Waals surface area contributed by atoms with Crippen molar-refractivity contribution in [1.29, 1.82) is 0 Å². The van der Waals surface area contributed by atoms with Gasteiger partial charge in [0.15, 0.2) is 0 Å². The minimum absolute atomic E-state index is 0.604. The molecule has 0 spiro atoms. The van der Waals surface area contributed by atoms with Crippen LogP contribution in [0.3, 0.4) is 0 Å². The largest absolute Gasteiger partial charge is 0.397 e. The topological polar surface area (TPSA) is 41.8 Å². The second-order valence-electron chi connectivity index (χ2n) is 2.41. The highest BCUT2D eigenvalue weighted by atomic mass is 35.5. The molecule has 1 aromatic carbocycles. The Morgan fingerprint density at radius 1 is 1.27 bits per heavy atom. The van der Waals surface area contributed by atoms with Crippen LogP contribution < -0.4 is 5.73 Å². The fraction of sp³-hybridized carbons (Fsp3) is 0. The van der Waals surface area contributed by atoms with E-state index in [1.54, 1.807) is 6.07 Å². The number of hydrogen-bond donors (Lipinski definition) is 2. The van der Waals surface area contributed by atoms with Gasteiger partial charge in [-0.1, -0.05) is 17.7 Å². The van der Waals surface area contributed by atoms with E-state index in [1.807, 2.05) is 18.3 Å². The fourth-order valence-electron chi connectivity index (χ4n) is 1.11. The van der Waals surface area contributed by atoms with Crippen molar-refractivity contribution in [2.75, 3.05) is 5.73 Å². The second-order valence-corrected chi connectivity index (χ2v) is 2.79. The van der Waals surface area contributed by atoms with Crippen LogP contribution in [0.2, 0.25) is 5.02 Å². The van der Waals surface area contributed by atoms with Crippen LogP contribution in [0.5, 0.6) is 0 Å². The molecular formula is C8H7ClN2. The molecule has 2 nitrogen and oxygen atoms in total. The number of nitrogens with two attached hydrogens (primary N) is 1. The molecule has 0 unspecified atom stereocenters. The highest BCUT2D eigenvalue weighted by Gasteiger charge is 2.01. The van der Waals surface area contributed by atoms with E-state index in [9.17, 15) is 0 Å². The first-order valence-electron chi connectivity index (χ1n) is 3.30. The molecule has 3 N–H and O–H groups in total. The molecule has 56 valence electrons. The molecule has 2 aromatic rings. The van der Waals surface area contributed by atoms with Crippen molar-refractivity contribution in [2.45, 2.75) is 0 Å². The van der Waals surface area contributed by atoms with Gasteiger partial charge in [-0.05, 0) is 12.1 Å². The number of nitrogens with one attached hydrogen (secondary N) is 1. The molecule has 0 saturated carbocycles. The van der Waals surface area contributed by atoms with Crippen LogP contribution in [0.1, 0.15) is 0 Å². The van der Waals surface area contributed by atoms with Crippen LogP contribution in [0.4, 0.5) is 5.69 Å². The van der Waals surface area contributed by atoms with E-state index in [4.69, 9.17) is 17.3 Å². The van der Waals surface area contributed by atoms with Crippen molar-refractivity contribution >= 4 is 28.2 Å². The molecule has 0 fully saturated rings. The first-order chi connectivity index (χ1) is 5.29. The molecule has 0 saturated heterocycles. The van der Waals surface area contributed by atoms with E-state index in [-0.39, 0.29) is 0 Å². The molecule has 0 atom stereocenters. The molecule has 0 aliphatic rings. The van der Waals surface area contributed by atoms with Gasteiger partial charge in [0.25, 0.3) is 0 Å². The third kappa shape index (κ3) is 0.870. The van der Waals surface area contributed by atoms with Crippen molar-refractivity contribution in [3.63, 3.8) is 0 Å². The summed E-state index contributed by atoms with van der Waals surface area (Å²) < 4.78 is 0. The Morgan fingerprint density at radius 2 is 2.09 bits per heavy atom. The van der Waals surface area contributed by atoms with E-state index < -0.39 is 0 Å². The molecule has 0 amide bonds. The minimum Gasteiger partial charge on any atom is -0.397 e. The molecule has 3 heteroatoms. The van der Waals surface area contributed by atoms with E-state index in [1.165, 1.54) is 0 Å². The average Bonchev–Trinajstić information content (AvgIpc) is 2.45. The number of nitrogen functional groups attached to an aromatic ring is 1. The maximum atomic E-state index is 5.91. The predicted molar refractivity (Wildman–Crippen MR) is 47.7 cm³/mol. The minimum atomic E-state index is 0.604. The summed E-state index contributed by atoms with van der Waals surface area (Å²) in [6.07, 6.45) is 1.84. The summed E-state index contributed by atoms with van der Waals surface area (Å²) in [5.74, 6) is 0. The Bertz CT molecular complexity index is 392. The summed E-state index contributed by atoms with van der Waals surface area (Å²) in [5.41, 5.74) is 7.11. The number of anilines is 1. The number of hydrogen-bond acceptors (Lipinski definition) is 1. The van der Waals surface area contributed by atoms with Crippen LogP contribution in [0.25, 0.3) is 10.9 Å². The van der Waals surface area contributed by atoms with E-state index in [0.29, 0.717) is 10.7 Å². The third-order valence-corrected chi connectivity index (χ3v) is 2.10. The first-order valence-corrected chi connectivity index (χ1v) is 3.68. The standard InChI is InChI=1S/C8H7ClN2/c9-7-6(10)2-1-5-3-4-11-8(5)7/h1-4,11H,10H2. The average molecular weight is 167 g/mol. The van der Waals surface area contributed by atoms with E-state index in [2.05, 4.69) is 4.98 Å². The number of rotatable bonds is 0. The zero-order valence-corrected chi connectivity index (χ0v) is 6.52. The van der Waals surface area contributed by atoms with Crippen LogP contribution in [0.15, 0.2) is 24.4 Å². The molecular weight excluding hydrogens is 160 g/mol. The molecule has 1 aromatic heterocycles. The van der Waals surface area contributed by atoms with Crippen LogP contribution in [-0.4, -0.2) is 4.98 Å². The predicted octanol–water partition coefficient (Wildman–Crippen LogP) is 2.40.